The SMILES string of the molecule is O=C(O)[C@H]1CSC(c2nc3ccc(O)cc3s2)=N1.O=P([O-])([O-])[O-]. The largest absolute Gasteiger partial charge is 0.822 e. The molecular formula is C11H8N2O7PS2-3. The maximum atomic E-state index is 10.8. The van der Waals surface area contributed by atoms with E-state index in [0.717, 1.165) is 10.2 Å². The second-order valence-corrected chi connectivity index (χ2v) is 7.15. The number of carbonyl (C=O) groups is 1. The molecule has 1 aromatic heterocycles. The topological polar surface area (TPSA) is 169 Å². The number of carboxylic acids is 1. The number of hydrogen-bond donors (Lipinski definition) is 2. The molecule has 0 spiro atoms. The summed E-state index contributed by atoms with van der Waals surface area (Å²) in [5, 5.41) is 19.7. The molecule has 0 bridgehead atoms. The fraction of sp³-hybridized carbons (Fsp3) is 0.182. The van der Waals surface area contributed by atoms with E-state index >= 15 is 0 Å². The average molecular weight is 375 g/mol. The number of benzene rings is 1. The maximum Gasteiger partial charge on any atom is 0.329 e. The second kappa shape index (κ2) is 6.95. The molecule has 23 heavy (non-hydrogen) atoms. The highest BCUT2D eigenvalue weighted by Crippen LogP contribution is 2.31. The Morgan fingerprint density at radius 1 is 1.35 bits per heavy atom. The molecule has 2 heterocycles. The number of aromatic nitrogens is 1. The summed E-state index contributed by atoms with van der Waals surface area (Å²) < 4.78 is 9.42. The van der Waals surface area contributed by atoms with Crippen LogP contribution in [0.4, 0.5) is 0 Å². The van der Waals surface area contributed by atoms with E-state index in [-0.39, 0.29) is 5.75 Å². The lowest BCUT2D eigenvalue weighted by Crippen LogP contribution is -2.24. The number of fused-ring (bicyclic) bond motifs is 1. The van der Waals surface area contributed by atoms with Crippen molar-refractivity contribution < 1.29 is 34.3 Å². The Labute approximate surface area is 137 Å². The van der Waals surface area contributed by atoms with Crippen LogP contribution in [0.3, 0.4) is 0 Å². The number of nitrogens with zero attached hydrogens (tertiary/aromatic N) is 2. The molecule has 0 unspecified atom stereocenters. The third-order valence-electron chi connectivity index (χ3n) is 2.49. The summed E-state index contributed by atoms with van der Waals surface area (Å²) >= 11 is 2.81. The van der Waals surface area contributed by atoms with Crippen LogP contribution in [0.1, 0.15) is 5.01 Å². The fourth-order valence-electron chi connectivity index (χ4n) is 1.62. The Kier molecular flexibility index (Phi) is 5.40. The van der Waals surface area contributed by atoms with Crippen molar-refractivity contribution in [2.24, 2.45) is 4.99 Å². The predicted octanol–water partition coefficient (Wildman–Crippen LogP) is -0.876. The lowest BCUT2D eigenvalue weighted by Gasteiger charge is -2.36. The minimum Gasteiger partial charge on any atom is -0.822 e. The maximum absolute atomic E-state index is 10.8. The molecule has 0 saturated carbocycles. The number of aromatic hydroxyl groups is 1. The molecule has 1 aliphatic rings. The third-order valence-corrected chi connectivity index (χ3v) is 4.70. The van der Waals surface area contributed by atoms with Crippen LogP contribution < -0.4 is 14.7 Å². The van der Waals surface area contributed by atoms with Gasteiger partial charge in [0.2, 0.25) is 0 Å². The van der Waals surface area contributed by atoms with Gasteiger partial charge in [0.05, 0.1) is 10.2 Å². The first-order valence-electron chi connectivity index (χ1n) is 5.90. The molecule has 2 aromatic rings. The Morgan fingerprint density at radius 3 is 2.57 bits per heavy atom. The van der Waals surface area contributed by atoms with E-state index in [1.54, 1.807) is 18.2 Å². The zero-order valence-electron chi connectivity index (χ0n) is 11.1. The molecule has 124 valence electrons. The van der Waals surface area contributed by atoms with Gasteiger partial charge < -0.3 is 29.5 Å². The summed E-state index contributed by atoms with van der Waals surface area (Å²) in [6, 6.07) is 4.28. The molecule has 9 nitrogen and oxygen atoms in total. The standard InChI is InChI=1S/C11H8N2O3S2.H3O4P/c14-5-1-2-6-8(3-5)18-10(12-6)9-13-7(4-17-9)11(15)16;1-5(2,3)4/h1-3,7,14H,4H2,(H,15,16);(H3,1,2,3,4)/p-3/t7-;/m1./s1. The number of thiazole rings is 1. The zero-order chi connectivity index (χ0) is 17.2. The number of phenolic OH excluding ortho intramolecular Hbond substituents is 1. The van der Waals surface area contributed by atoms with Crippen molar-refractivity contribution >= 4 is 52.2 Å². The summed E-state index contributed by atoms with van der Waals surface area (Å²) in [5.74, 6) is -0.260. The van der Waals surface area contributed by atoms with E-state index < -0.39 is 19.8 Å². The Morgan fingerprint density at radius 2 is 2.00 bits per heavy atom. The van der Waals surface area contributed by atoms with Crippen LogP contribution in [0, 0.1) is 0 Å². The zero-order valence-corrected chi connectivity index (χ0v) is 13.6. The summed E-state index contributed by atoms with van der Waals surface area (Å²) in [6.07, 6.45) is 0. The van der Waals surface area contributed by atoms with E-state index in [9.17, 15) is 9.90 Å². The van der Waals surface area contributed by atoms with Crippen LogP contribution in [-0.2, 0) is 9.36 Å². The van der Waals surface area contributed by atoms with Crippen LogP contribution in [0.15, 0.2) is 23.2 Å². The van der Waals surface area contributed by atoms with Gasteiger partial charge in [0.1, 0.15) is 15.8 Å². The van der Waals surface area contributed by atoms with Gasteiger partial charge in [-0.2, -0.15) is 7.82 Å². The number of carboxylic acid groups (broad SMARTS) is 1. The van der Waals surface area contributed by atoms with Gasteiger partial charge >= 0.3 is 5.97 Å². The predicted molar refractivity (Wildman–Crippen MR) is 79.3 cm³/mol. The Hall–Kier alpha value is -1.49. The average Bonchev–Trinajstić information content (AvgIpc) is 3.01. The lowest BCUT2D eigenvalue weighted by atomic mass is 10.3. The van der Waals surface area contributed by atoms with Crippen LogP contribution >= 0.6 is 30.9 Å². The van der Waals surface area contributed by atoms with Gasteiger partial charge in [-0.25, -0.2) is 9.78 Å². The van der Waals surface area contributed by atoms with Crippen LogP contribution in [-0.4, -0.2) is 38.0 Å². The van der Waals surface area contributed by atoms with Crippen LogP contribution in [0.2, 0.25) is 0 Å². The van der Waals surface area contributed by atoms with Gasteiger partial charge in [0.15, 0.2) is 6.04 Å². The lowest BCUT2D eigenvalue weighted by molar-refractivity contribution is -0.432. The molecule has 1 atom stereocenters. The number of aliphatic imine (C=N–C) groups is 1. The van der Waals surface area contributed by atoms with Gasteiger partial charge in [-0.15, -0.1) is 23.1 Å². The van der Waals surface area contributed by atoms with Crippen LogP contribution in [0.5, 0.6) is 5.75 Å². The first-order valence-corrected chi connectivity index (χ1v) is 9.16. The monoisotopic (exact) mass is 375 g/mol. The molecular weight excluding hydrogens is 367 g/mol. The van der Waals surface area contributed by atoms with Crippen molar-refractivity contribution in [3.8, 4) is 5.75 Å². The normalized spacial score (nSPS) is 17.5. The highest BCUT2D eigenvalue weighted by atomic mass is 32.2. The Bertz CT molecular complexity index is 808. The number of phosphoric acid groups is 1. The number of rotatable bonds is 2. The quantitative estimate of drug-likeness (QED) is 0.633. The molecule has 0 radical (unpaired) electrons. The molecule has 3 rings (SSSR count). The van der Waals surface area contributed by atoms with Gasteiger partial charge in [0, 0.05) is 5.75 Å². The minimum atomic E-state index is -5.39. The molecule has 1 aromatic carbocycles. The first-order chi connectivity index (χ1) is 10.6. The summed E-state index contributed by atoms with van der Waals surface area (Å²) in [7, 11) is -5.39. The van der Waals surface area contributed by atoms with Crippen molar-refractivity contribution in [3.05, 3.63) is 23.2 Å². The van der Waals surface area contributed by atoms with Crippen molar-refractivity contribution in [1.29, 1.82) is 0 Å². The van der Waals surface area contributed by atoms with Gasteiger partial charge in [-0.1, -0.05) is 0 Å². The van der Waals surface area contributed by atoms with E-state index in [4.69, 9.17) is 24.4 Å². The van der Waals surface area contributed by atoms with E-state index in [0.29, 0.717) is 15.8 Å². The molecule has 0 fully saturated rings. The molecule has 12 heteroatoms. The van der Waals surface area contributed by atoms with Gasteiger partial charge in [-0.05, 0) is 18.2 Å². The Balaban J connectivity index is 0.000000338. The third kappa shape index (κ3) is 5.27. The van der Waals surface area contributed by atoms with Crippen LogP contribution in [0.25, 0.3) is 10.2 Å². The van der Waals surface area contributed by atoms with E-state index in [2.05, 4.69) is 9.98 Å². The molecule has 0 aliphatic carbocycles. The van der Waals surface area contributed by atoms with Crippen molar-refractivity contribution in [1.82, 2.24) is 4.98 Å². The van der Waals surface area contributed by atoms with Crippen molar-refractivity contribution in [3.63, 3.8) is 0 Å². The van der Waals surface area contributed by atoms with Gasteiger partial charge in [-0.3, -0.25) is 4.99 Å². The summed E-state index contributed by atoms with van der Waals surface area (Å²) in [5.41, 5.74) is 0.787. The molecule has 2 N–H and O–H groups in total. The molecule has 0 amide bonds. The smallest absolute Gasteiger partial charge is 0.329 e. The van der Waals surface area contributed by atoms with Gasteiger partial charge in [0.25, 0.3) is 0 Å². The summed E-state index contributed by atoms with van der Waals surface area (Å²) in [4.78, 5) is 45.0. The fourth-order valence-corrected chi connectivity index (χ4v) is 3.72. The highest BCUT2D eigenvalue weighted by Gasteiger charge is 2.26. The number of aliphatic carboxylic acids is 1. The van der Waals surface area contributed by atoms with E-state index in [1.807, 2.05) is 0 Å². The molecule has 1 aliphatic heterocycles. The number of hydrogen-bond acceptors (Lipinski definition) is 10. The van der Waals surface area contributed by atoms with Crippen molar-refractivity contribution in [2.45, 2.75) is 6.04 Å². The summed E-state index contributed by atoms with van der Waals surface area (Å²) in [6.45, 7) is 0. The first kappa shape index (κ1) is 17.9. The van der Waals surface area contributed by atoms with Crippen molar-refractivity contribution in [2.75, 3.05) is 5.75 Å². The highest BCUT2D eigenvalue weighted by molar-refractivity contribution is 8.15. The number of phenols is 1. The second-order valence-electron chi connectivity index (χ2n) is 4.22. The molecule has 0 saturated heterocycles. The number of thioether (sulfide) groups is 1. The van der Waals surface area contributed by atoms with E-state index in [1.165, 1.54) is 23.1 Å². The minimum absolute atomic E-state index is 0.196.